The molecule has 2 aromatic heterocycles. The molecule has 3 nitrogen and oxygen atoms in total. The van der Waals surface area contributed by atoms with Crippen LogP contribution in [0.15, 0.2) is 39.6 Å². The van der Waals surface area contributed by atoms with Crippen molar-refractivity contribution in [2.75, 3.05) is 6.54 Å². The van der Waals surface area contributed by atoms with E-state index in [1.165, 1.54) is 5.56 Å². The lowest BCUT2D eigenvalue weighted by Gasteiger charge is -2.33. The van der Waals surface area contributed by atoms with Gasteiger partial charge in [0.2, 0.25) is 0 Å². The van der Waals surface area contributed by atoms with E-state index in [9.17, 15) is 0 Å². The molecule has 0 amide bonds. The molecule has 4 heteroatoms. The normalized spacial score (nSPS) is 14.7. The third-order valence-corrected chi connectivity index (χ3v) is 4.20. The Kier molecular flexibility index (Phi) is 5.19. The second-order valence-electron chi connectivity index (χ2n) is 4.72. The summed E-state index contributed by atoms with van der Waals surface area (Å²) in [5.41, 5.74) is 7.66. The number of nitrogens with zero attached hydrogens (tertiary/aromatic N) is 1. The fraction of sp³-hybridized carbons (Fsp3) is 0.467. The summed E-state index contributed by atoms with van der Waals surface area (Å²) in [6.45, 7) is 6.07. The fourth-order valence-electron chi connectivity index (χ4n) is 2.40. The first-order valence-electron chi connectivity index (χ1n) is 6.80. The zero-order valence-corrected chi connectivity index (χ0v) is 12.4. The van der Waals surface area contributed by atoms with Gasteiger partial charge < -0.3 is 10.2 Å². The van der Waals surface area contributed by atoms with Gasteiger partial charge in [0.25, 0.3) is 0 Å². The maximum Gasteiger partial charge on any atom is 0.117 e. The van der Waals surface area contributed by atoms with Crippen molar-refractivity contribution in [1.82, 2.24) is 4.90 Å². The van der Waals surface area contributed by atoms with E-state index in [-0.39, 0.29) is 12.1 Å². The zero-order valence-electron chi connectivity index (χ0n) is 11.6. The summed E-state index contributed by atoms with van der Waals surface area (Å²) < 4.78 is 5.47. The predicted molar refractivity (Wildman–Crippen MR) is 80.1 cm³/mol. The van der Waals surface area contributed by atoms with Gasteiger partial charge >= 0.3 is 0 Å². The van der Waals surface area contributed by atoms with E-state index in [0.29, 0.717) is 0 Å². The Labute approximate surface area is 119 Å². The van der Waals surface area contributed by atoms with Crippen LogP contribution in [0.3, 0.4) is 0 Å². The standard InChI is InChI=1S/C15H22N2OS/c1-3-14(16)15(12-7-9-19-11-12)17(4-2)10-13-6-5-8-18-13/h5-9,11,14-15H,3-4,10,16H2,1-2H3. The SMILES string of the molecule is CCC(N)C(c1ccsc1)N(CC)Cc1ccco1. The minimum Gasteiger partial charge on any atom is -0.468 e. The lowest BCUT2D eigenvalue weighted by atomic mass is 9.98. The van der Waals surface area contributed by atoms with Gasteiger partial charge in [-0.2, -0.15) is 11.3 Å². The predicted octanol–water partition coefficient (Wildman–Crippen LogP) is 3.64. The summed E-state index contributed by atoms with van der Waals surface area (Å²) in [6, 6.07) is 6.53. The van der Waals surface area contributed by atoms with Crippen LogP contribution in [0.25, 0.3) is 0 Å². The van der Waals surface area contributed by atoms with E-state index >= 15 is 0 Å². The molecule has 19 heavy (non-hydrogen) atoms. The van der Waals surface area contributed by atoms with Gasteiger partial charge in [0.1, 0.15) is 5.76 Å². The van der Waals surface area contributed by atoms with Gasteiger partial charge in [0.15, 0.2) is 0 Å². The molecule has 0 bridgehead atoms. The Hall–Kier alpha value is -1.10. The molecule has 0 saturated carbocycles. The van der Waals surface area contributed by atoms with Gasteiger partial charge in [-0.1, -0.05) is 13.8 Å². The van der Waals surface area contributed by atoms with Crippen LogP contribution in [0.4, 0.5) is 0 Å². The average molecular weight is 278 g/mol. The number of furan rings is 1. The van der Waals surface area contributed by atoms with Crippen LogP contribution in [-0.4, -0.2) is 17.5 Å². The molecule has 104 valence electrons. The van der Waals surface area contributed by atoms with Crippen LogP contribution in [-0.2, 0) is 6.54 Å². The lowest BCUT2D eigenvalue weighted by molar-refractivity contribution is 0.158. The Balaban J connectivity index is 2.19. The van der Waals surface area contributed by atoms with Gasteiger partial charge in [-0.15, -0.1) is 0 Å². The molecule has 2 aromatic rings. The van der Waals surface area contributed by atoms with Gasteiger partial charge in [-0.25, -0.2) is 0 Å². The number of thiophene rings is 1. The third-order valence-electron chi connectivity index (χ3n) is 3.50. The molecule has 0 spiro atoms. The number of likely N-dealkylation sites (N-methyl/N-ethyl adjacent to an activating group) is 1. The van der Waals surface area contributed by atoms with Crippen molar-refractivity contribution in [2.24, 2.45) is 5.73 Å². The Morgan fingerprint density at radius 1 is 1.37 bits per heavy atom. The van der Waals surface area contributed by atoms with Crippen LogP contribution in [0.2, 0.25) is 0 Å². The monoisotopic (exact) mass is 278 g/mol. The molecular weight excluding hydrogens is 256 g/mol. The van der Waals surface area contributed by atoms with Crippen molar-refractivity contribution in [3.8, 4) is 0 Å². The van der Waals surface area contributed by atoms with E-state index in [2.05, 4.69) is 35.6 Å². The highest BCUT2D eigenvalue weighted by molar-refractivity contribution is 7.07. The van der Waals surface area contributed by atoms with Gasteiger partial charge in [0, 0.05) is 6.04 Å². The molecule has 0 aliphatic rings. The lowest BCUT2D eigenvalue weighted by Crippen LogP contribution is -2.40. The molecule has 2 unspecified atom stereocenters. The first-order valence-corrected chi connectivity index (χ1v) is 7.74. The van der Waals surface area contributed by atoms with E-state index in [4.69, 9.17) is 10.2 Å². The zero-order chi connectivity index (χ0) is 13.7. The summed E-state index contributed by atoms with van der Waals surface area (Å²) in [4.78, 5) is 2.38. The summed E-state index contributed by atoms with van der Waals surface area (Å²) in [5, 5.41) is 4.32. The summed E-state index contributed by atoms with van der Waals surface area (Å²) in [7, 11) is 0. The quantitative estimate of drug-likeness (QED) is 0.840. The van der Waals surface area contributed by atoms with Crippen molar-refractivity contribution in [2.45, 2.75) is 38.9 Å². The second kappa shape index (κ2) is 6.89. The molecule has 0 radical (unpaired) electrons. The Morgan fingerprint density at radius 3 is 2.74 bits per heavy atom. The molecule has 2 atom stereocenters. The number of hydrogen-bond donors (Lipinski definition) is 1. The summed E-state index contributed by atoms with van der Waals surface area (Å²) >= 11 is 1.73. The minimum atomic E-state index is 0.143. The first-order chi connectivity index (χ1) is 9.26. The first kappa shape index (κ1) is 14.3. The molecule has 0 aliphatic carbocycles. The van der Waals surface area contributed by atoms with E-state index < -0.39 is 0 Å². The van der Waals surface area contributed by atoms with Gasteiger partial charge in [-0.3, -0.25) is 4.90 Å². The van der Waals surface area contributed by atoms with E-state index in [1.54, 1.807) is 17.6 Å². The minimum absolute atomic E-state index is 0.143. The van der Waals surface area contributed by atoms with Crippen LogP contribution < -0.4 is 5.73 Å². The fourth-order valence-corrected chi connectivity index (χ4v) is 3.09. The smallest absolute Gasteiger partial charge is 0.117 e. The average Bonchev–Trinajstić information content (AvgIpc) is 3.10. The van der Waals surface area contributed by atoms with Crippen molar-refractivity contribution in [1.29, 1.82) is 0 Å². The van der Waals surface area contributed by atoms with Crippen molar-refractivity contribution < 1.29 is 4.42 Å². The van der Waals surface area contributed by atoms with Crippen molar-refractivity contribution >= 4 is 11.3 Å². The van der Waals surface area contributed by atoms with Gasteiger partial charge in [0.05, 0.1) is 18.8 Å². The topological polar surface area (TPSA) is 42.4 Å². The van der Waals surface area contributed by atoms with Crippen molar-refractivity contribution in [3.05, 3.63) is 46.5 Å². The largest absolute Gasteiger partial charge is 0.468 e. The molecule has 2 heterocycles. The van der Waals surface area contributed by atoms with Crippen LogP contribution in [0.1, 0.15) is 37.6 Å². The number of rotatable bonds is 7. The van der Waals surface area contributed by atoms with Crippen molar-refractivity contribution in [3.63, 3.8) is 0 Å². The maximum atomic E-state index is 6.35. The molecule has 0 fully saturated rings. The number of hydrogen-bond acceptors (Lipinski definition) is 4. The van der Waals surface area contributed by atoms with Gasteiger partial charge in [-0.05, 0) is 47.5 Å². The highest BCUT2D eigenvalue weighted by Gasteiger charge is 2.25. The number of nitrogens with two attached hydrogens (primary N) is 1. The summed E-state index contributed by atoms with van der Waals surface area (Å²) in [5.74, 6) is 0.991. The Morgan fingerprint density at radius 2 is 2.21 bits per heavy atom. The molecule has 2 rings (SSSR count). The maximum absolute atomic E-state index is 6.35. The van der Waals surface area contributed by atoms with E-state index in [1.807, 2.05) is 12.1 Å². The van der Waals surface area contributed by atoms with Crippen LogP contribution in [0.5, 0.6) is 0 Å². The Bertz CT molecular complexity index is 452. The highest BCUT2D eigenvalue weighted by Crippen LogP contribution is 2.28. The second-order valence-corrected chi connectivity index (χ2v) is 5.50. The molecule has 2 N–H and O–H groups in total. The molecule has 0 aliphatic heterocycles. The molecular formula is C15H22N2OS. The summed E-state index contributed by atoms with van der Waals surface area (Å²) in [6.07, 6.45) is 2.69. The van der Waals surface area contributed by atoms with Crippen LogP contribution in [0, 0.1) is 0 Å². The van der Waals surface area contributed by atoms with E-state index in [0.717, 1.165) is 25.3 Å². The molecule has 0 aromatic carbocycles. The molecule has 0 saturated heterocycles. The van der Waals surface area contributed by atoms with Crippen LogP contribution >= 0.6 is 11.3 Å². The highest BCUT2D eigenvalue weighted by atomic mass is 32.1. The third kappa shape index (κ3) is 3.47.